The van der Waals surface area contributed by atoms with E-state index in [4.69, 9.17) is 5.11 Å². The summed E-state index contributed by atoms with van der Waals surface area (Å²) in [6.07, 6.45) is -1.02. The van der Waals surface area contributed by atoms with Crippen molar-refractivity contribution in [2.45, 2.75) is 18.6 Å². The molecule has 1 saturated heterocycles. The van der Waals surface area contributed by atoms with Crippen molar-refractivity contribution in [3.63, 3.8) is 0 Å². The van der Waals surface area contributed by atoms with Gasteiger partial charge in [0.1, 0.15) is 11.6 Å². The van der Waals surface area contributed by atoms with Crippen LogP contribution in [0.25, 0.3) is 0 Å². The highest BCUT2D eigenvalue weighted by molar-refractivity contribution is 6.00. The zero-order valence-electron chi connectivity index (χ0n) is 10.3. The number of rotatable bonds is 3. The minimum absolute atomic E-state index is 0.0816. The number of para-hydroxylation sites is 1. The molecule has 0 spiro atoms. The molecule has 1 amide bonds. The Morgan fingerprint density at radius 2 is 2.00 bits per heavy atom. The van der Waals surface area contributed by atoms with Crippen LogP contribution >= 0.6 is 0 Å². The Morgan fingerprint density at radius 1 is 1.35 bits per heavy atom. The van der Waals surface area contributed by atoms with Crippen LogP contribution in [0.5, 0.6) is 0 Å². The van der Waals surface area contributed by atoms with Crippen molar-refractivity contribution >= 4 is 17.6 Å². The Labute approximate surface area is 113 Å². The Kier molecular flexibility index (Phi) is 3.66. The highest BCUT2D eigenvalue weighted by Crippen LogP contribution is 2.25. The molecule has 1 aromatic rings. The first-order valence-electron chi connectivity index (χ1n) is 5.87. The third-order valence-corrected chi connectivity index (χ3v) is 3.16. The first kappa shape index (κ1) is 13.9. The highest BCUT2D eigenvalue weighted by atomic mass is 16.6. The number of aliphatic hydroxyl groups excluding tert-OH is 1. The van der Waals surface area contributed by atoms with Crippen LogP contribution in [0.15, 0.2) is 24.3 Å². The fourth-order valence-corrected chi connectivity index (χ4v) is 2.24. The molecule has 0 saturated carbocycles. The molecule has 106 valence electrons. The van der Waals surface area contributed by atoms with Gasteiger partial charge in [-0.3, -0.25) is 14.9 Å². The van der Waals surface area contributed by atoms with Crippen LogP contribution in [-0.4, -0.2) is 50.6 Å². The zero-order chi connectivity index (χ0) is 14.9. The number of β-amino-alcohol motifs (C(OH)–C–C–N with tert-alkyl or cyclic N) is 1. The number of hydrogen-bond donors (Lipinski definition) is 2. The molecule has 8 nitrogen and oxygen atoms in total. The second-order valence-corrected chi connectivity index (χ2v) is 4.48. The number of nitro groups is 1. The number of amides is 1. The van der Waals surface area contributed by atoms with Gasteiger partial charge in [0.25, 0.3) is 11.6 Å². The first-order chi connectivity index (χ1) is 9.41. The van der Waals surface area contributed by atoms with E-state index >= 15 is 0 Å². The summed E-state index contributed by atoms with van der Waals surface area (Å²) in [5, 5.41) is 29.4. The van der Waals surface area contributed by atoms with E-state index in [9.17, 15) is 24.8 Å². The number of nitrogens with zero attached hydrogens (tertiary/aromatic N) is 2. The Hall–Kier alpha value is -2.48. The number of hydrogen-bond acceptors (Lipinski definition) is 5. The molecule has 0 aromatic heterocycles. The van der Waals surface area contributed by atoms with E-state index in [0.717, 1.165) is 4.90 Å². The van der Waals surface area contributed by atoms with Gasteiger partial charge in [-0.25, -0.2) is 4.79 Å². The maximum Gasteiger partial charge on any atom is 0.326 e. The van der Waals surface area contributed by atoms with Gasteiger partial charge in [0, 0.05) is 19.0 Å². The lowest BCUT2D eigenvalue weighted by molar-refractivity contribution is -0.385. The predicted octanol–water partition coefficient (Wildman–Crippen LogP) is 0.255. The third kappa shape index (κ3) is 2.45. The van der Waals surface area contributed by atoms with Gasteiger partial charge in [0.2, 0.25) is 0 Å². The summed E-state index contributed by atoms with van der Waals surface area (Å²) < 4.78 is 0. The molecule has 8 heteroatoms. The van der Waals surface area contributed by atoms with Crippen molar-refractivity contribution in [2.24, 2.45) is 0 Å². The number of nitro benzene ring substituents is 1. The molecule has 1 fully saturated rings. The molecular formula is C12H12N2O6. The lowest BCUT2D eigenvalue weighted by atomic mass is 10.1. The topological polar surface area (TPSA) is 121 Å². The van der Waals surface area contributed by atoms with Crippen LogP contribution in [-0.2, 0) is 4.79 Å². The predicted molar refractivity (Wildman–Crippen MR) is 66.2 cm³/mol. The molecule has 2 unspecified atom stereocenters. The number of carboxylic acid groups (broad SMARTS) is 1. The van der Waals surface area contributed by atoms with Gasteiger partial charge in [0.05, 0.1) is 11.0 Å². The van der Waals surface area contributed by atoms with Crippen LogP contribution < -0.4 is 0 Å². The monoisotopic (exact) mass is 280 g/mol. The number of carboxylic acids is 1. The van der Waals surface area contributed by atoms with Gasteiger partial charge in [-0.15, -0.1) is 0 Å². The lowest BCUT2D eigenvalue weighted by Crippen LogP contribution is -2.40. The van der Waals surface area contributed by atoms with Crippen LogP contribution in [0.4, 0.5) is 5.69 Å². The molecule has 0 bridgehead atoms. The van der Waals surface area contributed by atoms with Crippen molar-refractivity contribution in [1.82, 2.24) is 4.90 Å². The minimum Gasteiger partial charge on any atom is -0.480 e. The molecule has 1 heterocycles. The molecule has 20 heavy (non-hydrogen) atoms. The highest BCUT2D eigenvalue weighted by Gasteiger charge is 2.40. The molecule has 2 N–H and O–H groups in total. The number of benzene rings is 1. The number of likely N-dealkylation sites (tertiary alicyclic amines) is 1. The fraction of sp³-hybridized carbons (Fsp3) is 0.333. The smallest absolute Gasteiger partial charge is 0.326 e. The molecule has 1 aliphatic rings. The van der Waals surface area contributed by atoms with Gasteiger partial charge in [-0.1, -0.05) is 12.1 Å². The van der Waals surface area contributed by atoms with Crippen molar-refractivity contribution in [3.05, 3.63) is 39.9 Å². The maximum absolute atomic E-state index is 12.3. The average molecular weight is 280 g/mol. The first-order valence-corrected chi connectivity index (χ1v) is 5.87. The maximum atomic E-state index is 12.3. The van der Waals surface area contributed by atoms with Crippen LogP contribution in [0.3, 0.4) is 0 Å². The molecule has 0 radical (unpaired) electrons. The van der Waals surface area contributed by atoms with Crippen LogP contribution in [0.2, 0.25) is 0 Å². The summed E-state index contributed by atoms with van der Waals surface area (Å²) in [6.45, 7) is -0.151. The molecule has 1 aromatic carbocycles. The summed E-state index contributed by atoms with van der Waals surface area (Å²) in [5.74, 6) is -2.00. The summed E-state index contributed by atoms with van der Waals surface area (Å²) in [7, 11) is 0. The van der Waals surface area contributed by atoms with E-state index in [0.29, 0.717) is 0 Å². The van der Waals surface area contributed by atoms with E-state index in [1.165, 1.54) is 24.3 Å². The number of aliphatic hydroxyl groups is 1. The van der Waals surface area contributed by atoms with E-state index in [1.54, 1.807) is 0 Å². The fourth-order valence-electron chi connectivity index (χ4n) is 2.24. The summed E-state index contributed by atoms with van der Waals surface area (Å²) in [4.78, 5) is 34.5. The van der Waals surface area contributed by atoms with Gasteiger partial charge in [0.15, 0.2) is 0 Å². The Bertz CT molecular complexity index is 573. The Balaban J connectivity index is 2.36. The quantitative estimate of drug-likeness (QED) is 0.605. The number of carbonyl (C=O) groups excluding carboxylic acids is 1. The van der Waals surface area contributed by atoms with Crippen LogP contribution in [0, 0.1) is 10.1 Å². The van der Waals surface area contributed by atoms with Gasteiger partial charge < -0.3 is 15.1 Å². The summed E-state index contributed by atoms with van der Waals surface area (Å²) >= 11 is 0. The zero-order valence-corrected chi connectivity index (χ0v) is 10.3. The summed E-state index contributed by atoms with van der Waals surface area (Å²) in [6, 6.07) is 4.15. The van der Waals surface area contributed by atoms with Gasteiger partial charge >= 0.3 is 5.97 Å². The largest absolute Gasteiger partial charge is 0.480 e. The van der Waals surface area contributed by atoms with E-state index in [2.05, 4.69) is 0 Å². The van der Waals surface area contributed by atoms with Crippen molar-refractivity contribution < 1.29 is 24.7 Å². The van der Waals surface area contributed by atoms with Crippen LogP contribution in [0.1, 0.15) is 16.8 Å². The normalized spacial score (nSPS) is 21.8. The molecular weight excluding hydrogens is 268 g/mol. The van der Waals surface area contributed by atoms with Gasteiger partial charge in [-0.05, 0) is 6.07 Å². The van der Waals surface area contributed by atoms with Gasteiger partial charge in [-0.2, -0.15) is 0 Å². The third-order valence-electron chi connectivity index (χ3n) is 3.16. The molecule has 1 aliphatic heterocycles. The van der Waals surface area contributed by atoms with Crippen molar-refractivity contribution in [1.29, 1.82) is 0 Å². The number of carbonyl (C=O) groups is 2. The van der Waals surface area contributed by atoms with E-state index in [-0.39, 0.29) is 24.2 Å². The SMILES string of the molecule is O=C(O)C1CC(O)CN1C(=O)c1ccccc1[N+](=O)[O-]. The Morgan fingerprint density at radius 3 is 2.60 bits per heavy atom. The molecule has 2 rings (SSSR count). The van der Waals surface area contributed by atoms with E-state index in [1.807, 2.05) is 0 Å². The number of aliphatic carboxylic acids is 1. The van der Waals surface area contributed by atoms with Crippen molar-refractivity contribution in [3.8, 4) is 0 Å². The van der Waals surface area contributed by atoms with Crippen molar-refractivity contribution in [2.75, 3.05) is 6.54 Å². The van der Waals surface area contributed by atoms with E-state index < -0.39 is 28.9 Å². The average Bonchev–Trinajstić information content (AvgIpc) is 2.80. The lowest BCUT2D eigenvalue weighted by Gasteiger charge is -2.20. The molecule has 0 aliphatic carbocycles. The second kappa shape index (κ2) is 5.25. The standard InChI is InChI=1S/C12H12N2O6/c15-7-5-10(12(17)18)13(6-7)11(16)8-3-1-2-4-9(8)14(19)20/h1-4,7,10,15H,5-6H2,(H,17,18). The molecule has 2 atom stereocenters. The minimum atomic E-state index is -1.24. The summed E-state index contributed by atoms with van der Waals surface area (Å²) in [5.41, 5.74) is -0.569. The second-order valence-electron chi connectivity index (χ2n) is 4.48.